The molecule has 3 aliphatic carbocycles. The Kier molecular flexibility index (Phi) is 13.6. The summed E-state index contributed by atoms with van der Waals surface area (Å²) in [5.74, 6) is 0. The fourth-order valence-corrected chi connectivity index (χ4v) is 7.52. The molecule has 0 unspecified atom stereocenters. The lowest BCUT2D eigenvalue weighted by molar-refractivity contribution is 1.05. The van der Waals surface area contributed by atoms with Crippen LogP contribution in [0.15, 0.2) is 162 Å². The van der Waals surface area contributed by atoms with E-state index < -0.39 is 60.6 Å². The minimum Gasteiger partial charge on any atom is -0.0845 e. The van der Waals surface area contributed by atoms with Crippen molar-refractivity contribution in [3.05, 3.63) is 167 Å². The lowest BCUT2D eigenvalue weighted by atomic mass is 10.2. The van der Waals surface area contributed by atoms with Crippen LogP contribution in [0.5, 0.6) is 0 Å². The summed E-state index contributed by atoms with van der Waals surface area (Å²) in [5, 5.41) is 4.02. The third-order valence-electron chi connectivity index (χ3n) is 7.38. The van der Waals surface area contributed by atoms with Gasteiger partial charge >= 0.3 is 0 Å². The first-order valence-electron chi connectivity index (χ1n) is 23.9. The van der Waals surface area contributed by atoms with E-state index in [-0.39, 0.29) is 0 Å². The molecule has 0 bridgehead atoms. The average Bonchev–Trinajstić information content (AvgIpc) is 4.00. The van der Waals surface area contributed by atoms with Crippen molar-refractivity contribution in [2.24, 2.45) is 0 Å². The van der Waals surface area contributed by atoms with E-state index in [1.807, 2.05) is 160 Å². The minimum absolute atomic E-state index is 0.731. The molecule has 49 heavy (non-hydrogen) atoms. The maximum atomic E-state index is 7.48. The van der Waals surface area contributed by atoms with Crippen LogP contribution >= 0.6 is 0 Å². The molecular weight excluding hydrogens is 653 g/mol. The molecule has 0 amide bonds. The van der Waals surface area contributed by atoms with Gasteiger partial charge in [0.1, 0.15) is 0 Å². The van der Waals surface area contributed by atoms with Crippen molar-refractivity contribution in [2.45, 2.75) is 98.1 Å². The van der Waals surface area contributed by atoms with Gasteiger partial charge in [-0.3, -0.25) is 0 Å². The Bertz CT molecular complexity index is 1900. The van der Waals surface area contributed by atoms with Crippen molar-refractivity contribution in [3.8, 4) is 0 Å². The highest BCUT2D eigenvalue weighted by Gasteiger charge is 2.18. The van der Waals surface area contributed by atoms with E-state index in [9.17, 15) is 0 Å². The van der Waals surface area contributed by atoms with E-state index >= 15 is 0 Å². The zero-order valence-electron chi connectivity index (χ0n) is 45.0. The first kappa shape index (κ1) is 25.8. The number of hydrogen-bond acceptors (Lipinski definition) is 0. The Balaban J connectivity index is 0.000000380. The van der Waals surface area contributed by atoms with E-state index in [0.29, 0.717) is 0 Å². The van der Waals surface area contributed by atoms with Crippen LogP contribution in [-0.4, -0.2) is 39.9 Å². The van der Waals surface area contributed by atoms with E-state index in [2.05, 4.69) is 0 Å². The number of aryl methyl sites for hydroxylation is 1. The van der Waals surface area contributed by atoms with Gasteiger partial charge in [-0.1, -0.05) is 238 Å². The SMILES string of the molecule is [2H]C([2H])(C)C1=CC=CC1.[2H]C([2H])(C)c1ccccc1.[2H]C([2H])([2H])[Si](C)(C)C1=CC=CC1.[2H]C([2H])([2H])[Si](C)(C)c1ccccc1.[2H][Si]([2H])(C)C1=CC=CC1.[2H][Si]([2H])(C)c1ccccc1. The Hall–Kier alpha value is -3.03. The molecule has 0 saturated heterocycles. The van der Waals surface area contributed by atoms with Gasteiger partial charge in [0.2, 0.25) is 0 Å². The molecule has 6 rings (SSSR count). The van der Waals surface area contributed by atoms with E-state index in [0.717, 1.165) is 51.2 Å². The molecule has 0 spiro atoms. The van der Waals surface area contributed by atoms with E-state index in [4.69, 9.17) is 18.6 Å². The van der Waals surface area contributed by atoms with Gasteiger partial charge < -0.3 is 0 Å². The molecule has 4 heteroatoms. The molecule has 264 valence electrons. The lowest BCUT2D eigenvalue weighted by Crippen LogP contribution is -2.37. The number of hydrogen-bond donors (Lipinski definition) is 0. The lowest BCUT2D eigenvalue weighted by Gasteiger charge is -2.16. The molecule has 0 atom stereocenters. The number of rotatable bonds is 6. The molecule has 0 saturated carbocycles. The van der Waals surface area contributed by atoms with Gasteiger partial charge in [-0.05, 0) is 37.6 Å². The highest BCUT2D eigenvalue weighted by molar-refractivity contribution is 6.88. The molecule has 0 radical (unpaired) electrons. The predicted molar refractivity (Wildman–Crippen MR) is 239 cm³/mol. The molecule has 3 aliphatic rings. The van der Waals surface area contributed by atoms with Crippen molar-refractivity contribution in [1.29, 1.82) is 4.94 Å². The monoisotopic (exact) mass is 735 g/mol. The van der Waals surface area contributed by atoms with Crippen LogP contribution in [0.3, 0.4) is 0 Å². The second-order valence-corrected chi connectivity index (χ2v) is 22.3. The molecule has 0 aromatic heterocycles. The third kappa shape index (κ3) is 21.6. The fourth-order valence-electron chi connectivity index (χ4n) is 4.24. The maximum absolute atomic E-state index is 7.48. The third-order valence-corrected chi connectivity index (χ3v) is 13.1. The number of benzene rings is 3. The van der Waals surface area contributed by atoms with Gasteiger partial charge in [0.25, 0.3) is 0 Å². The Morgan fingerprint density at radius 2 is 1.14 bits per heavy atom. The summed E-state index contributed by atoms with van der Waals surface area (Å²) in [4.78, 5) is 0. The van der Waals surface area contributed by atoms with Crippen molar-refractivity contribution in [1.82, 2.24) is 0 Å². The number of allylic oxidation sites excluding steroid dienone is 12. The summed E-state index contributed by atoms with van der Waals surface area (Å²) in [6.07, 6.45) is 17.7. The normalized spacial score (nSPS) is 19.6. The van der Waals surface area contributed by atoms with Gasteiger partial charge in [-0.25, -0.2) is 0 Å². The van der Waals surface area contributed by atoms with Crippen molar-refractivity contribution >= 4 is 45.3 Å². The molecule has 0 heterocycles. The van der Waals surface area contributed by atoms with Crippen LogP contribution in [0.4, 0.5) is 0 Å². The zero-order chi connectivity index (χ0) is 48.6. The standard InChI is InChI=1S/C9H14Si.C8H14Si.C8H10.C7H10Si.C7H10.C6H10Si/c1-10(2,3)9-7-5-4-6-8-9;1-9(2,3)8-6-4-5-7-8;1-2-8-6-4-3-5-7-8;1-8-7-5-3-2-4-6-7;1-2-7-5-3-4-6-7;1-7-6-4-2-3-5-6/h4-8H,1-3H3;4-6H,7H2,1-3H3;3-7H,2H2,1H3;2-6H,8H2,1H3;3-5H,2,6H2,1H3;2-4H,5,7H2,1H3/i2*1D3;2D2;8D2;2D2;7D2. The van der Waals surface area contributed by atoms with Crippen molar-refractivity contribution in [2.75, 3.05) is 0 Å². The quantitative estimate of drug-likeness (QED) is 0.221. The Labute approximate surface area is 328 Å². The van der Waals surface area contributed by atoms with Crippen LogP contribution in [0.2, 0.25) is 52.2 Å². The van der Waals surface area contributed by atoms with Crippen LogP contribution in [0, 0.1) is 0 Å². The highest BCUT2D eigenvalue weighted by atomic mass is 28.3. The second kappa shape index (κ2) is 25.9. The van der Waals surface area contributed by atoms with Gasteiger partial charge in [-0.2, -0.15) is 0 Å². The summed E-state index contributed by atoms with van der Waals surface area (Å²) in [6.45, 7) is 10.6. The highest BCUT2D eigenvalue weighted by Crippen LogP contribution is 2.22. The van der Waals surface area contributed by atoms with Crippen LogP contribution in [0.1, 0.15) is 58.8 Å². The predicted octanol–water partition coefficient (Wildman–Crippen LogP) is 11.1. The van der Waals surface area contributed by atoms with Gasteiger partial charge in [0.05, 0.1) is 25.5 Å². The molecule has 0 fully saturated rings. The van der Waals surface area contributed by atoms with Gasteiger partial charge in [-0.15, -0.1) is 0 Å². The molecule has 3 aromatic carbocycles. The van der Waals surface area contributed by atoms with Gasteiger partial charge in [0.15, 0.2) is 0 Å². The fraction of sp³-hybridized carbons (Fsp3) is 0.333. The Morgan fingerprint density at radius 3 is 1.49 bits per heavy atom. The molecule has 3 aromatic rings. The minimum atomic E-state index is -2.53. The summed E-state index contributed by atoms with van der Waals surface area (Å²) in [7, 11) is -9.41. The smallest absolute Gasteiger partial charge is 0.0775 e. The summed E-state index contributed by atoms with van der Waals surface area (Å²) in [5.41, 5.74) is 1.61. The summed E-state index contributed by atoms with van der Waals surface area (Å²) >= 11 is 0. The Morgan fingerprint density at radius 1 is 0.612 bits per heavy atom. The molecular formula is C45H68Si4. The zero-order valence-corrected chi connectivity index (χ0v) is 35.0. The average molecular weight is 735 g/mol. The maximum Gasteiger partial charge on any atom is 0.0775 e. The molecule has 0 nitrogen and oxygen atoms in total. The van der Waals surface area contributed by atoms with Crippen LogP contribution in [0.25, 0.3) is 0 Å². The van der Waals surface area contributed by atoms with Gasteiger partial charge in [0, 0.05) is 28.0 Å². The van der Waals surface area contributed by atoms with E-state index in [1.165, 1.54) is 0 Å². The molecule has 0 N–H and O–H groups in total. The van der Waals surface area contributed by atoms with Crippen LogP contribution in [-0.2, 0) is 6.37 Å². The second-order valence-electron chi connectivity index (χ2n) is 12.3. The van der Waals surface area contributed by atoms with Crippen LogP contribution < -0.4 is 10.4 Å². The summed E-state index contributed by atoms with van der Waals surface area (Å²) < 4.78 is 104. The van der Waals surface area contributed by atoms with E-state index in [1.54, 1.807) is 39.1 Å². The van der Waals surface area contributed by atoms with Crippen molar-refractivity contribution < 1.29 is 13.7 Å². The first-order valence-corrected chi connectivity index (χ1v) is 25.9. The van der Waals surface area contributed by atoms with Crippen molar-refractivity contribution in [3.63, 3.8) is 0 Å². The largest absolute Gasteiger partial charge is 0.0845 e. The topological polar surface area (TPSA) is 0 Å². The first-order chi connectivity index (χ1) is 28.6. The molecule has 0 aliphatic heterocycles. The summed E-state index contributed by atoms with van der Waals surface area (Å²) in [6, 6.07) is 28.1.